The number of anilines is 2. The second-order valence-corrected chi connectivity index (χ2v) is 5.22. The van der Waals surface area contributed by atoms with Crippen molar-refractivity contribution in [2.45, 2.75) is 18.9 Å². The average Bonchev–Trinajstić information content (AvgIpc) is 2.97. The number of nitrogens with two attached hydrogens (primary N) is 1. The minimum absolute atomic E-state index is 0.433. The Morgan fingerprint density at radius 1 is 1.15 bits per heavy atom. The van der Waals surface area contributed by atoms with Crippen LogP contribution in [0.2, 0.25) is 0 Å². The van der Waals surface area contributed by atoms with E-state index >= 15 is 0 Å². The normalized spacial score (nSPS) is 18.2. The molecule has 0 spiro atoms. The Kier molecular flexibility index (Phi) is 3.50. The molecule has 1 heterocycles. The first-order valence-electron chi connectivity index (χ1n) is 7.04. The molecular formula is C17H20N2O. The van der Waals surface area contributed by atoms with Gasteiger partial charge in [-0.2, -0.15) is 0 Å². The molecule has 0 bridgehead atoms. The zero-order valence-corrected chi connectivity index (χ0v) is 11.8. The van der Waals surface area contributed by atoms with E-state index in [0.29, 0.717) is 6.04 Å². The van der Waals surface area contributed by atoms with Crippen LogP contribution in [0.5, 0.6) is 5.75 Å². The maximum Gasteiger partial charge on any atom is 0.120 e. The summed E-state index contributed by atoms with van der Waals surface area (Å²) in [5.41, 5.74) is 9.16. The minimum atomic E-state index is 0.433. The van der Waals surface area contributed by atoms with E-state index in [-0.39, 0.29) is 0 Å². The number of rotatable bonds is 3. The SMILES string of the molecule is COc1cccc(N2CCCC2c2ccc(N)cc2)c1. The first kappa shape index (κ1) is 12.9. The number of methoxy groups -OCH3 is 1. The van der Waals surface area contributed by atoms with Gasteiger partial charge in [0.05, 0.1) is 13.2 Å². The van der Waals surface area contributed by atoms with Gasteiger partial charge in [-0.15, -0.1) is 0 Å². The molecule has 3 rings (SSSR count). The summed E-state index contributed by atoms with van der Waals surface area (Å²) < 4.78 is 5.33. The van der Waals surface area contributed by atoms with Crippen LogP contribution in [0.1, 0.15) is 24.4 Å². The van der Waals surface area contributed by atoms with Crippen LogP contribution < -0.4 is 15.4 Å². The predicted molar refractivity (Wildman–Crippen MR) is 83.2 cm³/mol. The Morgan fingerprint density at radius 3 is 2.70 bits per heavy atom. The third-order valence-electron chi connectivity index (χ3n) is 3.96. The Bertz CT molecular complexity index is 580. The molecule has 1 unspecified atom stereocenters. The van der Waals surface area contributed by atoms with Crippen molar-refractivity contribution in [3.05, 3.63) is 54.1 Å². The lowest BCUT2D eigenvalue weighted by Crippen LogP contribution is -2.22. The zero-order chi connectivity index (χ0) is 13.9. The van der Waals surface area contributed by atoms with Gasteiger partial charge < -0.3 is 15.4 Å². The van der Waals surface area contributed by atoms with Crippen molar-refractivity contribution < 1.29 is 4.74 Å². The van der Waals surface area contributed by atoms with Crippen LogP contribution in [0.15, 0.2) is 48.5 Å². The van der Waals surface area contributed by atoms with E-state index in [4.69, 9.17) is 10.5 Å². The summed E-state index contributed by atoms with van der Waals surface area (Å²) in [6.45, 7) is 1.09. The summed E-state index contributed by atoms with van der Waals surface area (Å²) in [4.78, 5) is 2.45. The third kappa shape index (κ3) is 2.44. The fourth-order valence-corrected chi connectivity index (χ4v) is 2.93. The van der Waals surface area contributed by atoms with E-state index in [1.165, 1.54) is 24.1 Å². The maximum absolute atomic E-state index is 5.78. The molecule has 0 aliphatic carbocycles. The number of hydrogen-bond acceptors (Lipinski definition) is 3. The zero-order valence-electron chi connectivity index (χ0n) is 11.8. The van der Waals surface area contributed by atoms with Crippen LogP contribution >= 0.6 is 0 Å². The lowest BCUT2D eigenvalue weighted by atomic mass is 10.0. The van der Waals surface area contributed by atoms with Crippen molar-refractivity contribution in [2.24, 2.45) is 0 Å². The van der Waals surface area contributed by atoms with Crippen molar-refractivity contribution in [3.8, 4) is 5.75 Å². The van der Waals surface area contributed by atoms with Crippen molar-refractivity contribution in [1.82, 2.24) is 0 Å². The van der Waals surface area contributed by atoms with Gasteiger partial charge in [0.25, 0.3) is 0 Å². The van der Waals surface area contributed by atoms with Crippen LogP contribution in [0.4, 0.5) is 11.4 Å². The molecule has 1 aliphatic rings. The second-order valence-electron chi connectivity index (χ2n) is 5.22. The van der Waals surface area contributed by atoms with Crippen molar-refractivity contribution >= 4 is 11.4 Å². The highest BCUT2D eigenvalue weighted by atomic mass is 16.5. The fourth-order valence-electron chi connectivity index (χ4n) is 2.93. The first-order valence-corrected chi connectivity index (χ1v) is 7.04. The molecule has 1 fully saturated rings. The van der Waals surface area contributed by atoms with Crippen LogP contribution in [-0.2, 0) is 0 Å². The van der Waals surface area contributed by atoms with Gasteiger partial charge in [0, 0.05) is 24.0 Å². The van der Waals surface area contributed by atoms with Crippen molar-refractivity contribution in [3.63, 3.8) is 0 Å². The molecule has 1 aliphatic heterocycles. The lowest BCUT2D eigenvalue weighted by Gasteiger charge is -2.27. The van der Waals surface area contributed by atoms with Gasteiger partial charge in [0.1, 0.15) is 5.75 Å². The number of benzene rings is 2. The van der Waals surface area contributed by atoms with Gasteiger partial charge in [-0.25, -0.2) is 0 Å². The van der Waals surface area contributed by atoms with Crippen LogP contribution in [-0.4, -0.2) is 13.7 Å². The van der Waals surface area contributed by atoms with Crippen molar-refractivity contribution in [2.75, 3.05) is 24.3 Å². The molecule has 0 saturated carbocycles. The smallest absolute Gasteiger partial charge is 0.120 e. The van der Waals surface area contributed by atoms with E-state index in [9.17, 15) is 0 Å². The Hall–Kier alpha value is -2.16. The fraction of sp³-hybridized carbons (Fsp3) is 0.294. The summed E-state index contributed by atoms with van der Waals surface area (Å²) in [6, 6.07) is 17.0. The summed E-state index contributed by atoms with van der Waals surface area (Å²) in [5, 5.41) is 0. The van der Waals surface area contributed by atoms with Gasteiger partial charge >= 0.3 is 0 Å². The number of nitrogen functional groups attached to an aromatic ring is 1. The van der Waals surface area contributed by atoms with Crippen molar-refractivity contribution in [1.29, 1.82) is 0 Å². The largest absolute Gasteiger partial charge is 0.497 e. The molecule has 3 nitrogen and oxygen atoms in total. The number of nitrogens with zero attached hydrogens (tertiary/aromatic N) is 1. The molecular weight excluding hydrogens is 248 g/mol. The van der Waals surface area contributed by atoms with Gasteiger partial charge in [0.15, 0.2) is 0 Å². The molecule has 2 N–H and O–H groups in total. The molecule has 0 radical (unpaired) electrons. The Balaban J connectivity index is 1.90. The summed E-state index contributed by atoms with van der Waals surface area (Å²) in [7, 11) is 1.71. The summed E-state index contributed by atoms with van der Waals surface area (Å²) in [5.74, 6) is 0.908. The molecule has 104 valence electrons. The minimum Gasteiger partial charge on any atom is -0.497 e. The van der Waals surface area contributed by atoms with E-state index in [1.807, 2.05) is 24.3 Å². The third-order valence-corrected chi connectivity index (χ3v) is 3.96. The Morgan fingerprint density at radius 2 is 1.95 bits per heavy atom. The predicted octanol–water partition coefficient (Wildman–Crippen LogP) is 3.62. The van der Waals surface area contributed by atoms with E-state index in [0.717, 1.165) is 18.0 Å². The molecule has 1 atom stereocenters. The van der Waals surface area contributed by atoms with Gasteiger partial charge in [-0.05, 0) is 42.7 Å². The molecule has 1 saturated heterocycles. The lowest BCUT2D eigenvalue weighted by molar-refractivity contribution is 0.414. The van der Waals surface area contributed by atoms with Crippen LogP contribution in [0.3, 0.4) is 0 Å². The molecule has 0 amide bonds. The maximum atomic E-state index is 5.78. The highest BCUT2D eigenvalue weighted by Crippen LogP contribution is 2.37. The Labute approximate surface area is 120 Å². The van der Waals surface area contributed by atoms with Crippen LogP contribution in [0, 0.1) is 0 Å². The van der Waals surface area contributed by atoms with Gasteiger partial charge in [-0.1, -0.05) is 18.2 Å². The number of hydrogen-bond donors (Lipinski definition) is 1. The average molecular weight is 268 g/mol. The molecule has 2 aromatic rings. The highest BCUT2D eigenvalue weighted by molar-refractivity contribution is 5.54. The monoisotopic (exact) mass is 268 g/mol. The molecule has 3 heteroatoms. The standard InChI is InChI=1S/C17H20N2O/c1-20-16-5-2-4-15(12-16)19-11-3-6-17(19)13-7-9-14(18)10-8-13/h2,4-5,7-10,12,17H,3,6,11,18H2,1H3. The second kappa shape index (κ2) is 5.45. The molecule has 0 aromatic heterocycles. The van der Waals surface area contributed by atoms with E-state index < -0.39 is 0 Å². The molecule has 2 aromatic carbocycles. The highest BCUT2D eigenvalue weighted by Gasteiger charge is 2.26. The molecule has 20 heavy (non-hydrogen) atoms. The topological polar surface area (TPSA) is 38.5 Å². The van der Waals surface area contributed by atoms with Gasteiger partial charge in [-0.3, -0.25) is 0 Å². The van der Waals surface area contributed by atoms with E-state index in [1.54, 1.807) is 7.11 Å². The number of ether oxygens (including phenoxy) is 1. The summed E-state index contributed by atoms with van der Waals surface area (Å²) >= 11 is 0. The van der Waals surface area contributed by atoms with Crippen LogP contribution in [0.25, 0.3) is 0 Å². The van der Waals surface area contributed by atoms with E-state index in [2.05, 4.69) is 29.2 Å². The van der Waals surface area contributed by atoms with Gasteiger partial charge in [0.2, 0.25) is 0 Å². The quantitative estimate of drug-likeness (QED) is 0.864. The first-order chi connectivity index (χ1) is 9.78. The summed E-state index contributed by atoms with van der Waals surface area (Å²) in [6.07, 6.45) is 2.40.